The van der Waals surface area contributed by atoms with E-state index in [2.05, 4.69) is 4.90 Å². The fourth-order valence-corrected chi connectivity index (χ4v) is 2.11. The minimum Gasteiger partial charge on any atom is -0.508 e. The lowest BCUT2D eigenvalue weighted by Crippen LogP contribution is -2.23. The number of hydrogen-bond acceptors (Lipinski definition) is 3. The van der Waals surface area contributed by atoms with E-state index in [4.69, 9.17) is 0 Å². The van der Waals surface area contributed by atoms with E-state index in [-0.39, 0.29) is 17.9 Å². The highest BCUT2D eigenvalue weighted by molar-refractivity contribution is 5.35. The summed E-state index contributed by atoms with van der Waals surface area (Å²) in [5.74, 6) is 0.269. The molecular formula is C11H15NO2. The van der Waals surface area contributed by atoms with Crippen molar-refractivity contribution in [1.29, 1.82) is 0 Å². The van der Waals surface area contributed by atoms with E-state index in [9.17, 15) is 10.2 Å². The van der Waals surface area contributed by atoms with E-state index in [1.807, 2.05) is 19.2 Å². The van der Waals surface area contributed by atoms with Gasteiger partial charge >= 0.3 is 0 Å². The zero-order valence-corrected chi connectivity index (χ0v) is 8.22. The first-order valence-electron chi connectivity index (χ1n) is 4.86. The molecule has 2 atom stereocenters. The number of rotatable bonds is 1. The maximum Gasteiger partial charge on any atom is 0.120 e. The molecule has 0 amide bonds. The van der Waals surface area contributed by atoms with Crippen LogP contribution < -0.4 is 0 Å². The number of likely N-dealkylation sites (tertiary alicyclic amines) is 1. The molecule has 0 saturated carbocycles. The summed E-state index contributed by atoms with van der Waals surface area (Å²) in [6.07, 6.45) is 0.406. The second-order valence-corrected chi connectivity index (χ2v) is 3.84. The molecule has 2 rings (SSSR count). The summed E-state index contributed by atoms with van der Waals surface area (Å²) < 4.78 is 0. The lowest BCUT2D eigenvalue weighted by Gasteiger charge is -2.23. The van der Waals surface area contributed by atoms with Crippen molar-refractivity contribution in [3.05, 3.63) is 29.8 Å². The van der Waals surface area contributed by atoms with Crippen LogP contribution in [-0.2, 0) is 0 Å². The van der Waals surface area contributed by atoms with Gasteiger partial charge in [-0.1, -0.05) is 18.2 Å². The highest BCUT2D eigenvalue weighted by Gasteiger charge is 2.32. The summed E-state index contributed by atoms with van der Waals surface area (Å²) in [5, 5.41) is 19.5. The van der Waals surface area contributed by atoms with Crippen molar-refractivity contribution in [2.24, 2.45) is 0 Å². The van der Waals surface area contributed by atoms with Crippen molar-refractivity contribution in [3.63, 3.8) is 0 Å². The van der Waals surface area contributed by atoms with Crippen LogP contribution in [0.25, 0.3) is 0 Å². The van der Waals surface area contributed by atoms with Gasteiger partial charge in [-0.25, -0.2) is 0 Å². The Morgan fingerprint density at radius 1 is 1.36 bits per heavy atom. The summed E-state index contributed by atoms with van der Waals surface area (Å²) in [7, 11) is 1.97. The van der Waals surface area contributed by atoms with Crippen LogP contribution in [0, 0.1) is 0 Å². The maximum atomic E-state index is 9.78. The Bertz CT molecular complexity index is 317. The van der Waals surface area contributed by atoms with E-state index in [1.54, 1.807) is 12.1 Å². The SMILES string of the molecule is CN1CCC(O)C1c1ccccc1O. The van der Waals surface area contributed by atoms with Crippen LogP contribution in [0.5, 0.6) is 5.75 Å². The second kappa shape index (κ2) is 3.59. The van der Waals surface area contributed by atoms with Gasteiger partial charge in [0.25, 0.3) is 0 Å². The van der Waals surface area contributed by atoms with Gasteiger partial charge in [0.15, 0.2) is 0 Å². The highest BCUT2D eigenvalue weighted by atomic mass is 16.3. The van der Waals surface area contributed by atoms with Crippen LogP contribution in [0.1, 0.15) is 18.0 Å². The smallest absolute Gasteiger partial charge is 0.120 e. The van der Waals surface area contributed by atoms with Crippen molar-refractivity contribution in [1.82, 2.24) is 4.90 Å². The molecule has 0 aromatic heterocycles. The first-order valence-corrected chi connectivity index (χ1v) is 4.86. The first-order chi connectivity index (χ1) is 6.70. The molecule has 14 heavy (non-hydrogen) atoms. The number of phenolic OH excluding ortho intramolecular Hbond substituents is 1. The van der Waals surface area contributed by atoms with Gasteiger partial charge in [0.05, 0.1) is 12.1 Å². The molecule has 1 fully saturated rings. The lowest BCUT2D eigenvalue weighted by atomic mass is 10.0. The van der Waals surface area contributed by atoms with Crippen molar-refractivity contribution in [3.8, 4) is 5.75 Å². The average Bonchev–Trinajstić information content (AvgIpc) is 2.48. The summed E-state index contributed by atoms with van der Waals surface area (Å²) in [4.78, 5) is 2.07. The molecule has 3 heteroatoms. The van der Waals surface area contributed by atoms with Crippen LogP contribution in [0.15, 0.2) is 24.3 Å². The van der Waals surface area contributed by atoms with Gasteiger partial charge < -0.3 is 10.2 Å². The summed E-state index contributed by atoms with van der Waals surface area (Å²) in [6.45, 7) is 0.875. The van der Waals surface area contributed by atoms with Crippen molar-refractivity contribution >= 4 is 0 Å². The zero-order valence-electron chi connectivity index (χ0n) is 8.22. The summed E-state index contributed by atoms with van der Waals surface area (Å²) in [5.41, 5.74) is 0.819. The number of aromatic hydroxyl groups is 1. The van der Waals surface area contributed by atoms with E-state index in [0.29, 0.717) is 0 Å². The standard InChI is InChI=1S/C11H15NO2/c1-12-7-6-10(14)11(12)8-4-2-3-5-9(8)13/h2-5,10-11,13-14H,6-7H2,1H3. The normalized spacial score (nSPS) is 28.1. The second-order valence-electron chi connectivity index (χ2n) is 3.84. The van der Waals surface area contributed by atoms with Crippen LogP contribution in [0.3, 0.4) is 0 Å². The number of benzene rings is 1. The molecule has 3 nitrogen and oxygen atoms in total. The van der Waals surface area contributed by atoms with Gasteiger partial charge in [-0.2, -0.15) is 0 Å². The van der Waals surface area contributed by atoms with Gasteiger partial charge in [-0.15, -0.1) is 0 Å². The van der Waals surface area contributed by atoms with Crippen LogP contribution >= 0.6 is 0 Å². The molecule has 1 heterocycles. The molecule has 0 radical (unpaired) electrons. The minimum absolute atomic E-state index is 0.0591. The predicted octanol–water partition coefficient (Wildman–Crippen LogP) is 1.13. The van der Waals surface area contributed by atoms with Crippen molar-refractivity contribution < 1.29 is 10.2 Å². The molecule has 1 aliphatic rings. The molecule has 76 valence electrons. The third kappa shape index (κ3) is 1.49. The molecule has 0 aliphatic carbocycles. The van der Waals surface area contributed by atoms with Gasteiger partial charge in [0.1, 0.15) is 5.75 Å². The third-order valence-corrected chi connectivity index (χ3v) is 2.87. The van der Waals surface area contributed by atoms with E-state index < -0.39 is 0 Å². The first kappa shape index (κ1) is 9.49. The molecule has 1 saturated heterocycles. The molecule has 1 aromatic carbocycles. The molecule has 0 spiro atoms. The van der Waals surface area contributed by atoms with Crippen LogP contribution in [0.2, 0.25) is 0 Å². The van der Waals surface area contributed by atoms with Crippen molar-refractivity contribution in [2.75, 3.05) is 13.6 Å². The monoisotopic (exact) mass is 193 g/mol. The Morgan fingerprint density at radius 3 is 2.64 bits per heavy atom. The van der Waals surface area contributed by atoms with Gasteiger partial charge in [-0.3, -0.25) is 4.90 Å². The summed E-state index contributed by atoms with van der Waals surface area (Å²) in [6, 6.07) is 7.14. The quantitative estimate of drug-likeness (QED) is 0.702. The van der Waals surface area contributed by atoms with E-state index in [0.717, 1.165) is 18.5 Å². The van der Waals surface area contributed by atoms with Crippen LogP contribution in [-0.4, -0.2) is 34.8 Å². The van der Waals surface area contributed by atoms with Gasteiger partial charge in [0.2, 0.25) is 0 Å². The average molecular weight is 193 g/mol. The third-order valence-electron chi connectivity index (χ3n) is 2.87. The van der Waals surface area contributed by atoms with E-state index >= 15 is 0 Å². The number of phenols is 1. The lowest BCUT2D eigenvalue weighted by molar-refractivity contribution is 0.126. The molecule has 2 unspecified atom stereocenters. The molecule has 0 bridgehead atoms. The number of aliphatic hydroxyl groups is 1. The molecule has 1 aromatic rings. The molecule has 2 N–H and O–H groups in total. The summed E-state index contributed by atoms with van der Waals surface area (Å²) >= 11 is 0. The largest absolute Gasteiger partial charge is 0.508 e. The fourth-order valence-electron chi connectivity index (χ4n) is 2.11. The predicted molar refractivity (Wildman–Crippen MR) is 54.1 cm³/mol. The Balaban J connectivity index is 2.34. The number of aliphatic hydroxyl groups excluding tert-OH is 1. The number of hydrogen-bond donors (Lipinski definition) is 2. The minimum atomic E-state index is -0.367. The Hall–Kier alpha value is -1.06. The zero-order chi connectivity index (χ0) is 10.1. The van der Waals surface area contributed by atoms with Gasteiger partial charge in [0, 0.05) is 12.1 Å². The Morgan fingerprint density at radius 2 is 2.07 bits per heavy atom. The van der Waals surface area contributed by atoms with Gasteiger partial charge in [-0.05, 0) is 19.5 Å². The van der Waals surface area contributed by atoms with Crippen LogP contribution in [0.4, 0.5) is 0 Å². The molecular weight excluding hydrogens is 178 g/mol. The fraction of sp³-hybridized carbons (Fsp3) is 0.455. The maximum absolute atomic E-state index is 9.78. The number of nitrogens with zero attached hydrogens (tertiary/aromatic N) is 1. The number of likely N-dealkylation sites (N-methyl/N-ethyl adjacent to an activating group) is 1. The Labute approximate surface area is 83.6 Å². The highest BCUT2D eigenvalue weighted by Crippen LogP contribution is 2.35. The Kier molecular flexibility index (Phi) is 2.44. The topological polar surface area (TPSA) is 43.7 Å². The molecule has 1 aliphatic heterocycles. The van der Waals surface area contributed by atoms with Crippen molar-refractivity contribution in [2.45, 2.75) is 18.6 Å². The number of para-hydroxylation sites is 1. The van der Waals surface area contributed by atoms with E-state index in [1.165, 1.54) is 0 Å².